The van der Waals surface area contributed by atoms with Gasteiger partial charge in [0.05, 0.1) is 23.6 Å². The highest BCUT2D eigenvalue weighted by atomic mass is 16.6. The molecule has 3 aromatic rings. The second-order valence-electron chi connectivity index (χ2n) is 9.29. The summed E-state index contributed by atoms with van der Waals surface area (Å²) >= 11 is 0. The molecule has 4 rings (SSSR count). The van der Waals surface area contributed by atoms with E-state index in [1.165, 1.54) is 11.1 Å². The predicted molar refractivity (Wildman–Crippen MR) is 124 cm³/mol. The van der Waals surface area contributed by atoms with Crippen LogP contribution in [0.25, 0.3) is 11.0 Å². The number of nitrogens with one attached hydrogen (secondary N) is 1. The number of fused-ring (bicyclic) bond motifs is 1. The first-order valence-electron chi connectivity index (χ1n) is 11.0. The summed E-state index contributed by atoms with van der Waals surface area (Å²) in [6, 6.07) is 16.7. The van der Waals surface area contributed by atoms with Gasteiger partial charge in [-0.15, -0.1) is 0 Å². The zero-order valence-electron chi connectivity index (χ0n) is 18.9. The summed E-state index contributed by atoms with van der Waals surface area (Å²) in [6.07, 6.45) is 1.72. The first kappa shape index (κ1) is 21.2. The first-order chi connectivity index (χ1) is 14.8. The monoisotopic (exact) mass is 420 g/mol. The first-order valence-corrected chi connectivity index (χ1v) is 11.0. The van der Waals surface area contributed by atoms with Crippen LogP contribution < -0.4 is 5.32 Å². The number of benzene rings is 2. The minimum atomic E-state index is -0.487. The van der Waals surface area contributed by atoms with Gasteiger partial charge in [-0.25, -0.2) is 9.78 Å². The average Bonchev–Trinajstić information content (AvgIpc) is 3.32. The normalized spacial score (nSPS) is 16.6. The second-order valence-corrected chi connectivity index (χ2v) is 9.29. The molecule has 1 atom stereocenters. The highest BCUT2D eigenvalue weighted by molar-refractivity contribution is 5.78. The van der Waals surface area contributed by atoms with Crippen LogP contribution in [0, 0.1) is 6.92 Å². The van der Waals surface area contributed by atoms with Gasteiger partial charge in [0, 0.05) is 13.1 Å². The van der Waals surface area contributed by atoms with Gasteiger partial charge < -0.3 is 19.5 Å². The molecule has 0 unspecified atom stereocenters. The minimum Gasteiger partial charge on any atom is -0.444 e. The molecule has 164 valence electrons. The van der Waals surface area contributed by atoms with Gasteiger partial charge in [0.25, 0.3) is 0 Å². The van der Waals surface area contributed by atoms with E-state index in [9.17, 15) is 4.79 Å². The molecular weight excluding hydrogens is 388 g/mol. The molecule has 1 fully saturated rings. The van der Waals surface area contributed by atoms with Crippen molar-refractivity contribution in [2.24, 2.45) is 0 Å². The smallest absolute Gasteiger partial charge is 0.410 e. The molecule has 6 nitrogen and oxygen atoms in total. The van der Waals surface area contributed by atoms with Crippen LogP contribution in [0.15, 0.2) is 48.5 Å². The topological polar surface area (TPSA) is 59.4 Å². The molecule has 0 aliphatic carbocycles. The summed E-state index contributed by atoms with van der Waals surface area (Å²) in [5.41, 5.74) is 4.11. The third-order valence-corrected chi connectivity index (χ3v) is 5.75. The van der Waals surface area contributed by atoms with Crippen molar-refractivity contribution in [3.8, 4) is 0 Å². The number of rotatable bonds is 5. The summed E-state index contributed by atoms with van der Waals surface area (Å²) in [6.45, 7) is 9.98. The number of hydrogen-bond acceptors (Lipinski definition) is 4. The van der Waals surface area contributed by atoms with E-state index in [4.69, 9.17) is 9.72 Å². The summed E-state index contributed by atoms with van der Waals surface area (Å²) in [5.74, 6) is 0.834. The molecule has 1 aliphatic heterocycles. The van der Waals surface area contributed by atoms with Gasteiger partial charge in [0.1, 0.15) is 5.60 Å². The highest BCUT2D eigenvalue weighted by Crippen LogP contribution is 2.25. The minimum absolute atomic E-state index is 0.0987. The Balaban J connectivity index is 1.54. The van der Waals surface area contributed by atoms with Crippen LogP contribution in [0.4, 0.5) is 10.7 Å². The maximum absolute atomic E-state index is 12.6. The lowest BCUT2D eigenvalue weighted by Crippen LogP contribution is -2.42. The highest BCUT2D eigenvalue weighted by Gasteiger charge is 2.32. The van der Waals surface area contributed by atoms with Gasteiger partial charge >= 0.3 is 6.09 Å². The van der Waals surface area contributed by atoms with Crippen LogP contribution in [0.5, 0.6) is 0 Å². The molecule has 0 spiro atoms. The number of anilines is 1. The molecule has 1 aromatic heterocycles. The van der Waals surface area contributed by atoms with Gasteiger partial charge in [0.15, 0.2) is 0 Å². The Labute approximate surface area is 184 Å². The molecule has 0 radical (unpaired) electrons. The van der Waals surface area contributed by atoms with Crippen molar-refractivity contribution < 1.29 is 9.53 Å². The largest absolute Gasteiger partial charge is 0.444 e. The van der Waals surface area contributed by atoms with E-state index in [-0.39, 0.29) is 12.1 Å². The Kier molecular flexibility index (Phi) is 5.90. The van der Waals surface area contributed by atoms with Crippen LogP contribution >= 0.6 is 0 Å². The summed E-state index contributed by atoms with van der Waals surface area (Å²) in [4.78, 5) is 19.3. The number of aromatic nitrogens is 2. The van der Waals surface area contributed by atoms with Gasteiger partial charge in [-0.05, 0) is 63.8 Å². The van der Waals surface area contributed by atoms with Crippen molar-refractivity contribution in [1.82, 2.24) is 14.5 Å². The maximum Gasteiger partial charge on any atom is 0.410 e. The number of nitrogens with zero attached hydrogens (tertiary/aromatic N) is 3. The third kappa shape index (κ3) is 4.84. The van der Waals surface area contributed by atoms with Gasteiger partial charge in [-0.3, -0.25) is 0 Å². The van der Waals surface area contributed by atoms with Crippen molar-refractivity contribution in [3.05, 3.63) is 59.7 Å². The Morgan fingerprint density at radius 2 is 1.90 bits per heavy atom. The Bertz CT molecular complexity index is 1070. The fourth-order valence-electron chi connectivity index (χ4n) is 4.15. The summed E-state index contributed by atoms with van der Waals surface area (Å²) < 4.78 is 7.83. The zero-order valence-corrected chi connectivity index (χ0v) is 18.9. The van der Waals surface area contributed by atoms with Crippen molar-refractivity contribution in [1.29, 1.82) is 0 Å². The molecule has 2 aromatic carbocycles. The fraction of sp³-hybridized carbons (Fsp3) is 0.440. The lowest BCUT2D eigenvalue weighted by Gasteiger charge is -2.28. The van der Waals surface area contributed by atoms with E-state index in [1.807, 2.05) is 43.9 Å². The lowest BCUT2D eigenvalue weighted by molar-refractivity contribution is 0.0235. The molecule has 1 N–H and O–H groups in total. The van der Waals surface area contributed by atoms with E-state index in [0.29, 0.717) is 6.54 Å². The van der Waals surface area contributed by atoms with E-state index < -0.39 is 5.60 Å². The number of amides is 1. The molecular formula is C25H32N4O2. The number of para-hydroxylation sites is 2. The van der Waals surface area contributed by atoms with Crippen LogP contribution in [-0.4, -0.2) is 45.3 Å². The maximum atomic E-state index is 12.6. The quantitative estimate of drug-likeness (QED) is 0.616. The number of aryl methyl sites for hydroxylation is 1. The van der Waals surface area contributed by atoms with Crippen LogP contribution in [0.3, 0.4) is 0 Å². The molecule has 31 heavy (non-hydrogen) atoms. The summed E-state index contributed by atoms with van der Waals surface area (Å²) in [7, 11) is 0. The molecule has 2 heterocycles. The Morgan fingerprint density at radius 3 is 2.68 bits per heavy atom. The van der Waals surface area contributed by atoms with Crippen molar-refractivity contribution in [2.45, 2.75) is 58.7 Å². The number of imidazole rings is 1. The molecule has 0 saturated carbocycles. The van der Waals surface area contributed by atoms with Gasteiger partial charge in [-0.1, -0.05) is 36.4 Å². The van der Waals surface area contributed by atoms with Crippen molar-refractivity contribution >= 4 is 23.1 Å². The van der Waals surface area contributed by atoms with Gasteiger partial charge in [-0.2, -0.15) is 0 Å². The van der Waals surface area contributed by atoms with E-state index in [1.54, 1.807) is 0 Å². The Hall–Kier alpha value is -3.02. The van der Waals surface area contributed by atoms with E-state index in [2.05, 4.69) is 47.1 Å². The second kappa shape index (κ2) is 8.61. The zero-order chi connectivity index (χ0) is 22.0. The average molecular weight is 421 g/mol. The number of likely N-dealkylation sites (tertiary alicyclic amines) is 1. The molecule has 1 aliphatic rings. The van der Waals surface area contributed by atoms with Crippen LogP contribution in [0.2, 0.25) is 0 Å². The third-order valence-electron chi connectivity index (χ3n) is 5.75. The van der Waals surface area contributed by atoms with Crippen molar-refractivity contribution in [3.63, 3.8) is 0 Å². The molecule has 0 bridgehead atoms. The molecule has 1 amide bonds. The van der Waals surface area contributed by atoms with E-state index in [0.717, 1.165) is 42.9 Å². The number of ether oxygens (including phenoxy) is 1. The van der Waals surface area contributed by atoms with Crippen LogP contribution in [0.1, 0.15) is 44.7 Å². The fourth-order valence-corrected chi connectivity index (χ4v) is 4.15. The number of carbonyl (C=O) groups excluding carboxylic acids is 1. The molecule has 1 saturated heterocycles. The van der Waals surface area contributed by atoms with E-state index >= 15 is 0 Å². The Morgan fingerprint density at radius 1 is 1.16 bits per heavy atom. The van der Waals surface area contributed by atoms with Crippen molar-refractivity contribution in [2.75, 3.05) is 18.4 Å². The predicted octanol–water partition coefficient (Wildman–Crippen LogP) is 5.20. The van der Waals surface area contributed by atoms with Gasteiger partial charge in [0.2, 0.25) is 5.95 Å². The molecule has 6 heteroatoms. The number of hydrogen-bond donors (Lipinski definition) is 1. The van der Waals surface area contributed by atoms with Crippen LogP contribution in [-0.2, 0) is 11.3 Å². The summed E-state index contributed by atoms with van der Waals surface area (Å²) in [5, 5.41) is 3.53. The SMILES string of the molecule is Cc1ccccc1Cn1c(NC[C@H]2CCCN2C(=O)OC(C)(C)C)nc2ccccc21. The lowest BCUT2D eigenvalue weighted by atomic mass is 10.1. The standard InChI is InChI=1S/C25H32N4O2/c1-18-10-5-6-11-19(18)17-29-22-14-8-7-13-21(22)27-23(29)26-16-20-12-9-15-28(20)24(30)31-25(2,3)4/h5-8,10-11,13-14,20H,9,12,15-17H2,1-4H3,(H,26,27)/t20-/m1/s1. The number of carbonyl (C=O) groups is 1.